The molecule has 3 N–H and O–H groups in total. The molecule has 2 rings (SSSR count). The Bertz CT molecular complexity index is 611. The van der Waals surface area contributed by atoms with Crippen LogP contribution in [-0.4, -0.2) is 12.5 Å². The molecule has 0 unspecified atom stereocenters. The van der Waals surface area contributed by atoms with E-state index in [1.165, 1.54) is 0 Å². The SMILES string of the molecule is CCc1ccccc1NC(=O)COc1ccccc1CN. The molecule has 21 heavy (non-hydrogen) atoms. The van der Waals surface area contributed by atoms with E-state index >= 15 is 0 Å². The molecule has 0 fully saturated rings. The van der Waals surface area contributed by atoms with Crippen LogP contribution in [0.2, 0.25) is 0 Å². The van der Waals surface area contributed by atoms with E-state index in [1.54, 1.807) is 0 Å². The first-order valence-electron chi connectivity index (χ1n) is 7.03. The van der Waals surface area contributed by atoms with Crippen LogP contribution in [0, 0.1) is 0 Å². The Balaban J connectivity index is 1.96. The molecule has 2 aromatic rings. The summed E-state index contributed by atoms with van der Waals surface area (Å²) in [7, 11) is 0. The van der Waals surface area contributed by atoms with Crippen LogP contribution in [0.3, 0.4) is 0 Å². The number of nitrogens with one attached hydrogen (secondary N) is 1. The molecule has 0 bridgehead atoms. The molecule has 0 radical (unpaired) electrons. The van der Waals surface area contributed by atoms with Crippen molar-refractivity contribution in [3.63, 3.8) is 0 Å². The van der Waals surface area contributed by atoms with Crippen molar-refractivity contribution >= 4 is 11.6 Å². The third-order valence-corrected chi connectivity index (χ3v) is 3.22. The summed E-state index contributed by atoms with van der Waals surface area (Å²) in [6.07, 6.45) is 0.868. The molecule has 0 atom stereocenters. The molecule has 0 saturated heterocycles. The Morgan fingerprint density at radius 1 is 1.10 bits per heavy atom. The van der Waals surface area contributed by atoms with Crippen LogP contribution in [0.25, 0.3) is 0 Å². The summed E-state index contributed by atoms with van der Waals surface area (Å²) in [5, 5.41) is 2.87. The molecule has 0 saturated carbocycles. The lowest BCUT2D eigenvalue weighted by atomic mass is 10.1. The number of para-hydroxylation sites is 2. The molecule has 0 spiro atoms. The fraction of sp³-hybridized carbons (Fsp3) is 0.235. The van der Waals surface area contributed by atoms with E-state index in [0.29, 0.717) is 12.3 Å². The first-order valence-corrected chi connectivity index (χ1v) is 7.03. The van der Waals surface area contributed by atoms with Crippen molar-refractivity contribution in [1.29, 1.82) is 0 Å². The number of nitrogens with two attached hydrogens (primary N) is 1. The van der Waals surface area contributed by atoms with Gasteiger partial charge in [-0.05, 0) is 24.1 Å². The second-order valence-corrected chi connectivity index (χ2v) is 4.66. The lowest BCUT2D eigenvalue weighted by Crippen LogP contribution is -2.21. The van der Waals surface area contributed by atoms with E-state index in [2.05, 4.69) is 12.2 Å². The summed E-state index contributed by atoms with van der Waals surface area (Å²) in [5.41, 5.74) is 8.46. The standard InChI is InChI=1S/C17H20N2O2/c1-2-13-7-3-5-9-15(13)19-17(20)12-21-16-10-6-4-8-14(16)11-18/h3-10H,2,11-12,18H2,1H3,(H,19,20). The van der Waals surface area contributed by atoms with E-state index in [-0.39, 0.29) is 12.5 Å². The van der Waals surface area contributed by atoms with Crippen LogP contribution in [0.15, 0.2) is 48.5 Å². The maximum atomic E-state index is 12.0. The lowest BCUT2D eigenvalue weighted by molar-refractivity contribution is -0.118. The Morgan fingerprint density at radius 2 is 1.76 bits per heavy atom. The molecular weight excluding hydrogens is 264 g/mol. The summed E-state index contributed by atoms with van der Waals surface area (Å²) < 4.78 is 5.54. The van der Waals surface area contributed by atoms with E-state index in [9.17, 15) is 4.79 Å². The second-order valence-electron chi connectivity index (χ2n) is 4.66. The maximum Gasteiger partial charge on any atom is 0.262 e. The molecular formula is C17H20N2O2. The number of hydrogen-bond donors (Lipinski definition) is 2. The van der Waals surface area contributed by atoms with Crippen molar-refractivity contribution in [3.05, 3.63) is 59.7 Å². The largest absolute Gasteiger partial charge is 0.483 e. The normalized spacial score (nSPS) is 10.2. The molecule has 0 aromatic heterocycles. The number of ether oxygens (including phenoxy) is 1. The van der Waals surface area contributed by atoms with Crippen LogP contribution >= 0.6 is 0 Å². The average Bonchev–Trinajstić information content (AvgIpc) is 2.53. The predicted octanol–water partition coefficient (Wildman–Crippen LogP) is 2.73. The van der Waals surface area contributed by atoms with Crippen molar-refractivity contribution in [1.82, 2.24) is 0 Å². The minimum Gasteiger partial charge on any atom is -0.483 e. The van der Waals surface area contributed by atoms with Gasteiger partial charge in [-0.25, -0.2) is 0 Å². The van der Waals surface area contributed by atoms with Crippen molar-refractivity contribution in [3.8, 4) is 5.75 Å². The van der Waals surface area contributed by atoms with Gasteiger partial charge in [0, 0.05) is 17.8 Å². The van der Waals surface area contributed by atoms with Gasteiger partial charge in [-0.2, -0.15) is 0 Å². The van der Waals surface area contributed by atoms with Gasteiger partial charge in [-0.3, -0.25) is 4.79 Å². The third kappa shape index (κ3) is 4.07. The summed E-state index contributed by atoms with van der Waals surface area (Å²) in [6.45, 7) is 2.41. The number of carbonyl (C=O) groups is 1. The quantitative estimate of drug-likeness (QED) is 0.857. The van der Waals surface area contributed by atoms with Crippen LogP contribution < -0.4 is 15.8 Å². The van der Waals surface area contributed by atoms with Gasteiger partial charge in [0.1, 0.15) is 5.75 Å². The molecule has 0 heterocycles. The van der Waals surface area contributed by atoms with Crippen LogP contribution in [0.4, 0.5) is 5.69 Å². The minimum atomic E-state index is -0.178. The summed E-state index contributed by atoms with van der Waals surface area (Å²) in [5.74, 6) is 0.474. The number of benzene rings is 2. The van der Waals surface area contributed by atoms with E-state index < -0.39 is 0 Å². The van der Waals surface area contributed by atoms with Crippen molar-refractivity contribution in [2.75, 3.05) is 11.9 Å². The maximum absolute atomic E-state index is 12.0. The van der Waals surface area contributed by atoms with Crippen molar-refractivity contribution in [2.45, 2.75) is 19.9 Å². The Kier molecular flexibility index (Phi) is 5.35. The first-order chi connectivity index (χ1) is 10.2. The lowest BCUT2D eigenvalue weighted by Gasteiger charge is -2.12. The first kappa shape index (κ1) is 15.1. The summed E-state index contributed by atoms with van der Waals surface area (Å²) in [4.78, 5) is 12.0. The van der Waals surface area contributed by atoms with Crippen LogP contribution in [0.1, 0.15) is 18.1 Å². The predicted molar refractivity (Wildman–Crippen MR) is 84.3 cm³/mol. The Hall–Kier alpha value is -2.33. The fourth-order valence-corrected chi connectivity index (χ4v) is 2.09. The van der Waals surface area contributed by atoms with Gasteiger partial charge in [-0.1, -0.05) is 43.3 Å². The topological polar surface area (TPSA) is 64.3 Å². The fourth-order valence-electron chi connectivity index (χ4n) is 2.09. The number of aryl methyl sites for hydroxylation is 1. The molecule has 2 aromatic carbocycles. The second kappa shape index (κ2) is 7.45. The zero-order valence-electron chi connectivity index (χ0n) is 12.1. The van der Waals surface area contributed by atoms with E-state index in [4.69, 9.17) is 10.5 Å². The van der Waals surface area contributed by atoms with Gasteiger partial charge in [0.25, 0.3) is 5.91 Å². The van der Waals surface area contributed by atoms with E-state index in [1.807, 2.05) is 48.5 Å². The summed E-state index contributed by atoms with van der Waals surface area (Å²) >= 11 is 0. The molecule has 4 nitrogen and oxygen atoms in total. The zero-order valence-corrected chi connectivity index (χ0v) is 12.1. The van der Waals surface area contributed by atoms with Gasteiger partial charge in [0.2, 0.25) is 0 Å². The molecule has 4 heteroatoms. The highest BCUT2D eigenvalue weighted by molar-refractivity contribution is 5.92. The molecule has 1 amide bonds. The third-order valence-electron chi connectivity index (χ3n) is 3.22. The molecule has 0 aliphatic carbocycles. The van der Waals surface area contributed by atoms with Crippen LogP contribution in [0.5, 0.6) is 5.75 Å². The number of hydrogen-bond acceptors (Lipinski definition) is 3. The molecule has 110 valence electrons. The highest BCUT2D eigenvalue weighted by Gasteiger charge is 2.08. The summed E-state index contributed by atoms with van der Waals surface area (Å²) in [6, 6.07) is 15.2. The average molecular weight is 284 g/mol. The number of rotatable bonds is 6. The number of anilines is 1. The highest BCUT2D eigenvalue weighted by Crippen LogP contribution is 2.18. The zero-order chi connectivity index (χ0) is 15.1. The van der Waals surface area contributed by atoms with Gasteiger partial charge in [0.05, 0.1) is 0 Å². The minimum absolute atomic E-state index is 0.0327. The monoisotopic (exact) mass is 284 g/mol. The molecule has 0 aliphatic heterocycles. The smallest absolute Gasteiger partial charge is 0.262 e. The van der Waals surface area contributed by atoms with Crippen molar-refractivity contribution < 1.29 is 9.53 Å². The van der Waals surface area contributed by atoms with Gasteiger partial charge in [0.15, 0.2) is 6.61 Å². The Labute approximate surface area is 124 Å². The Morgan fingerprint density at radius 3 is 2.48 bits per heavy atom. The number of carbonyl (C=O) groups excluding carboxylic acids is 1. The van der Waals surface area contributed by atoms with Crippen LogP contribution in [-0.2, 0) is 17.8 Å². The van der Waals surface area contributed by atoms with E-state index in [0.717, 1.165) is 23.2 Å². The van der Waals surface area contributed by atoms with Gasteiger partial charge < -0.3 is 15.8 Å². The molecule has 0 aliphatic rings. The number of amides is 1. The van der Waals surface area contributed by atoms with Crippen molar-refractivity contribution in [2.24, 2.45) is 5.73 Å². The van der Waals surface area contributed by atoms with Gasteiger partial charge >= 0.3 is 0 Å². The van der Waals surface area contributed by atoms with Gasteiger partial charge in [-0.15, -0.1) is 0 Å². The highest BCUT2D eigenvalue weighted by atomic mass is 16.5.